The molecule has 0 saturated heterocycles. The van der Waals surface area contributed by atoms with Crippen molar-refractivity contribution in [2.24, 2.45) is 17.6 Å². The minimum absolute atomic E-state index is 0.00927. The Morgan fingerprint density at radius 3 is 2.61 bits per heavy atom. The first-order valence-electron chi connectivity index (χ1n) is 6.52. The molecule has 1 aliphatic carbocycles. The summed E-state index contributed by atoms with van der Waals surface area (Å²) in [6.07, 6.45) is 5.24. The molecule has 0 aromatic carbocycles. The molecule has 2 unspecified atom stereocenters. The van der Waals surface area contributed by atoms with E-state index in [2.05, 4.69) is 18.8 Å². The molecule has 3 N–H and O–H groups in total. The third-order valence-corrected chi connectivity index (χ3v) is 3.47. The van der Waals surface area contributed by atoms with Crippen LogP contribution in [0.25, 0.3) is 0 Å². The van der Waals surface area contributed by atoms with Crippen LogP contribution in [0.3, 0.4) is 0 Å². The first kappa shape index (κ1) is 12.9. The maximum absolute atomic E-state index is 7.53. The highest BCUT2D eigenvalue weighted by molar-refractivity contribution is 5.96. The molecule has 0 aliphatic heterocycles. The molecule has 1 aliphatic rings. The van der Waals surface area contributed by atoms with Gasteiger partial charge in [-0.1, -0.05) is 13.8 Å². The number of rotatable bonds is 3. The number of aromatic nitrogens is 1. The lowest BCUT2D eigenvalue weighted by atomic mass is 9.82. The number of hydrogen-bond donors (Lipinski definition) is 2. The van der Waals surface area contributed by atoms with Gasteiger partial charge in [-0.25, -0.2) is 4.98 Å². The highest BCUT2D eigenvalue weighted by Crippen LogP contribution is 2.31. The number of hydrogen-bond acceptors (Lipinski definition) is 3. The van der Waals surface area contributed by atoms with Gasteiger partial charge >= 0.3 is 0 Å². The molecule has 4 nitrogen and oxygen atoms in total. The van der Waals surface area contributed by atoms with Crippen LogP contribution in [0.4, 0.5) is 0 Å². The topological polar surface area (TPSA) is 72.0 Å². The second kappa shape index (κ2) is 5.38. The monoisotopic (exact) mass is 247 g/mol. The zero-order valence-corrected chi connectivity index (χ0v) is 11.0. The van der Waals surface area contributed by atoms with Crippen LogP contribution in [0.15, 0.2) is 18.3 Å². The Balaban J connectivity index is 2.11. The lowest BCUT2D eigenvalue weighted by Gasteiger charge is -2.31. The predicted molar refractivity (Wildman–Crippen MR) is 71.8 cm³/mol. The van der Waals surface area contributed by atoms with Crippen molar-refractivity contribution in [2.75, 3.05) is 0 Å². The summed E-state index contributed by atoms with van der Waals surface area (Å²) in [5, 5.41) is 7.53. The summed E-state index contributed by atoms with van der Waals surface area (Å²) in [6, 6.07) is 3.55. The lowest BCUT2D eigenvalue weighted by Crippen LogP contribution is -2.29. The van der Waals surface area contributed by atoms with Crippen LogP contribution in [0.2, 0.25) is 0 Å². The number of nitrogens with two attached hydrogens (primary N) is 1. The maximum Gasteiger partial charge on any atom is 0.224 e. The Labute approximate surface area is 108 Å². The van der Waals surface area contributed by atoms with Gasteiger partial charge in [-0.3, -0.25) is 5.41 Å². The lowest BCUT2D eigenvalue weighted by molar-refractivity contribution is 0.0965. The molecule has 1 fully saturated rings. The van der Waals surface area contributed by atoms with Crippen molar-refractivity contribution in [2.45, 2.75) is 39.2 Å². The van der Waals surface area contributed by atoms with Gasteiger partial charge in [0, 0.05) is 6.20 Å². The van der Waals surface area contributed by atoms with Crippen LogP contribution in [0, 0.1) is 17.2 Å². The van der Waals surface area contributed by atoms with Crippen molar-refractivity contribution < 1.29 is 4.74 Å². The standard InChI is InChI=1S/C14H21N3O/c1-9-6-10(2)8-11(7-9)18-14-12(13(15)16)4-3-5-17-14/h3-5,9-11H,6-8H2,1-2H3,(H3,15,16). The van der Waals surface area contributed by atoms with Crippen molar-refractivity contribution in [3.63, 3.8) is 0 Å². The Kier molecular flexibility index (Phi) is 3.84. The largest absolute Gasteiger partial charge is 0.474 e. The fourth-order valence-electron chi connectivity index (χ4n) is 2.82. The number of amidine groups is 1. The minimum atomic E-state index is 0.00927. The maximum atomic E-state index is 7.53. The Hall–Kier alpha value is -1.58. The third kappa shape index (κ3) is 3.00. The molecule has 4 heteroatoms. The fraction of sp³-hybridized carbons (Fsp3) is 0.571. The van der Waals surface area contributed by atoms with Gasteiger partial charge in [0.25, 0.3) is 0 Å². The van der Waals surface area contributed by atoms with Gasteiger partial charge in [0.05, 0.1) is 5.56 Å². The van der Waals surface area contributed by atoms with E-state index in [1.165, 1.54) is 6.42 Å². The Morgan fingerprint density at radius 2 is 2.00 bits per heavy atom. The van der Waals surface area contributed by atoms with Crippen molar-refractivity contribution >= 4 is 5.84 Å². The average Bonchev–Trinajstić information content (AvgIpc) is 2.27. The summed E-state index contributed by atoms with van der Waals surface area (Å²) in [5.74, 6) is 1.87. The number of nitrogen functional groups attached to an aromatic ring is 1. The quantitative estimate of drug-likeness (QED) is 0.637. The summed E-state index contributed by atoms with van der Waals surface area (Å²) in [6.45, 7) is 4.52. The second-order valence-corrected chi connectivity index (χ2v) is 5.43. The fourth-order valence-corrected chi connectivity index (χ4v) is 2.82. The number of ether oxygens (including phenoxy) is 1. The number of nitrogens with zero attached hydrogens (tertiary/aromatic N) is 1. The van der Waals surface area contributed by atoms with Crippen LogP contribution in [-0.4, -0.2) is 16.9 Å². The van der Waals surface area contributed by atoms with Crippen molar-refractivity contribution in [1.29, 1.82) is 5.41 Å². The molecule has 98 valence electrons. The van der Waals surface area contributed by atoms with E-state index < -0.39 is 0 Å². The summed E-state index contributed by atoms with van der Waals surface area (Å²) < 4.78 is 5.96. The van der Waals surface area contributed by atoms with Crippen molar-refractivity contribution in [3.05, 3.63) is 23.9 Å². The van der Waals surface area contributed by atoms with Gasteiger partial charge in [0.1, 0.15) is 11.9 Å². The van der Waals surface area contributed by atoms with Gasteiger partial charge in [0.15, 0.2) is 0 Å². The number of nitrogens with one attached hydrogen (secondary N) is 1. The van der Waals surface area contributed by atoms with Crippen LogP contribution < -0.4 is 10.5 Å². The molecule has 2 atom stereocenters. The van der Waals surface area contributed by atoms with Gasteiger partial charge in [0.2, 0.25) is 5.88 Å². The first-order chi connectivity index (χ1) is 8.56. The van der Waals surface area contributed by atoms with Crippen molar-refractivity contribution in [3.8, 4) is 5.88 Å². The SMILES string of the molecule is CC1CC(C)CC(Oc2ncccc2C(=N)N)C1. The van der Waals surface area contributed by atoms with E-state index in [1.807, 2.05) is 0 Å². The minimum Gasteiger partial charge on any atom is -0.474 e. The van der Waals surface area contributed by atoms with Gasteiger partial charge in [-0.05, 0) is 43.2 Å². The second-order valence-electron chi connectivity index (χ2n) is 5.43. The zero-order valence-electron chi connectivity index (χ0n) is 11.0. The molecule has 0 radical (unpaired) electrons. The molecule has 2 rings (SSSR count). The van der Waals surface area contributed by atoms with Gasteiger partial charge in [-0.15, -0.1) is 0 Å². The highest BCUT2D eigenvalue weighted by Gasteiger charge is 2.26. The van der Waals surface area contributed by atoms with Gasteiger partial charge in [-0.2, -0.15) is 0 Å². The summed E-state index contributed by atoms with van der Waals surface area (Å²) in [7, 11) is 0. The molecule has 1 saturated carbocycles. The molecule has 18 heavy (non-hydrogen) atoms. The van der Waals surface area contributed by atoms with E-state index in [0.29, 0.717) is 23.3 Å². The smallest absolute Gasteiger partial charge is 0.224 e. The predicted octanol–water partition coefficient (Wildman–Crippen LogP) is 2.57. The highest BCUT2D eigenvalue weighted by atomic mass is 16.5. The third-order valence-electron chi connectivity index (χ3n) is 3.47. The van der Waals surface area contributed by atoms with E-state index in [4.69, 9.17) is 15.9 Å². The Bertz CT molecular complexity index is 423. The van der Waals surface area contributed by atoms with Gasteiger partial charge < -0.3 is 10.5 Å². The van der Waals surface area contributed by atoms with E-state index in [0.717, 1.165) is 12.8 Å². The molecule has 1 aromatic heterocycles. The molecule has 1 heterocycles. The molecule has 0 amide bonds. The molecular formula is C14H21N3O. The summed E-state index contributed by atoms with van der Waals surface area (Å²) in [4.78, 5) is 4.20. The van der Waals surface area contributed by atoms with Crippen LogP contribution in [-0.2, 0) is 0 Å². The van der Waals surface area contributed by atoms with Crippen LogP contribution >= 0.6 is 0 Å². The molecule has 0 spiro atoms. The normalized spacial score (nSPS) is 27.8. The van der Waals surface area contributed by atoms with E-state index in [1.54, 1.807) is 18.3 Å². The first-order valence-corrected chi connectivity index (χ1v) is 6.52. The zero-order chi connectivity index (χ0) is 13.1. The van der Waals surface area contributed by atoms with Crippen LogP contribution in [0.5, 0.6) is 5.88 Å². The molecule has 1 aromatic rings. The van der Waals surface area contributed by atoms with E-state index in [9.17, 15) is 0 Å². The Morgan fingerprint density at radius 1 is 1.33 bits per heavy atom. The van der Waals surface area contributed by atoms with E-state index in [-0.39, 0.29) is 11.9 Å². The summed E-state index contributed by atoms with van der Waals surface area (Å²) >= 11 is 0. The molecular weight excluding hydrogens is 226 g/mol. The number of pyridine rings is 1. The average molecular weight is 247 g/mol. The summed E-state index contributed by atoms with van der Waals surface area (Å²) in [5.41, 5.74) is 6.12. The molecule has 0 bridgehead atoms. The van der Waals surface area contributed by atoms with Crippen molar-refractivity contribution in [1.82, 2.24) is 4.98 Å². The van der Waals surface area contributed by atoms with E-state index >= 15 is 0 Å². The van der Waals surface area contributed by atoms with Crippen LogP contribution in [0.1, 0.15) is 38.7 Å².